The number of hydrogen-bond acceptors (Lipinski definition) is 5. The Hall–Kier alpha value is -2.38. The molecule has 146 valence electrons. The van der Waals surface area contributed by atoms with E-state index < -0.39 is 0 Å². The first-order valence-electron chi connectivity index (χ1n) is 9.04. The van der Waals surface area contributed by atoms with E-state index in [-0.39, 0.29) is 17.7 Å². The Labute approximate surface area is 173 Å². The number of nitrogens with zero attached hydrogens (tertiary/aromatic N) is 4. The zero-order valence-corrected chi connectivity index (χ0v) is 17.3. The molecule has 28 heavy (non-hydrogen) atoms. The number of tetrazole rings is 1. The van der Waals surface area contributed by atoms with Gasteiger partial charge in [0.05, 0.1) is 17.5 Å². The summed E-state index contributed by atoms with van der Waals surface area (Å²) in [7, 11) is 0. The number of carbonyl (C=O) groups is 1. The van der Waals surface area contributed by atoms with Crippen LogP contribution in [0.3, 0.4) is 0 Å². The third-order valence-electron chi connectivity index (χ3n) is 4.09. The van der Waals surface area contributed by atoms with Crippen LogP contribution in [0.2, 0.25) is 5.02 Å². The van der Waals surface area contributed by atoms with E-state index in [0.717, 1.165) is 17.7 Å². The highest BCUT2D eigenvalue weighted by Crippen LogP contribution is 2.23. The van der Waals surface area contributed by atoms with Gasteiger partial charge in [-0.25, -0.2) is 0 Å². The molecule has 0 radical (unpaired) electrons. The van der Waals surface area contributed by atoms with Crippen molar-refractivity contribution in [3.63, 3.8) is 0 Å². The summed E-state index contributed by atoms with van der Waals surface area (Å²) in [5.41, 5.74) is 1.90. The number of nitrogens with one attached hydrogen (secondary N) is 1. The van der Waals surface area contributed by atoms with Crippen molar-refractivity contribution in [2.75, 3.05) is 5.75 Å². The predicted molar refractivity (Wildman–Crippen MR) is 112 cm³/mol. The van der Waals surface area contributed by atoms with Crippen LogP contribution in [0.25, 0.3) is 5.69 Å². The summed E-state index contributed by atoms with van der Waals surface area (Å²) in [5, 5.41) is 16.1. The van der Waals surface area contributed by atoms with Gasteiger partial charge in [0.2, 0.25) is 11.1 Å². The van der Waals surface area contributed by atoms with Gasteiger partial charge in [-0.2, -0.15) is 4.68 Å². The van der Waals surface area contributed by atoms with E-state index in [1.807, 2.05) is 42.5 Å². The maximum absolute atomic E-state index is 12.6. The molecule has 0 aliphatic carbocycles. The third kappa shape index (κ3) is 5.56. The van der Waals surface area contributed by atoms with Crippen molar-refractivity contribution in [2.24, 2.45) is 5.92 Å². The minimum absolute atomic E-state index is 0.0124. The lowest BCUT2D eigenvalue weighted by molar-refractivity contribution is -0.119. The first-order chi connectivity index (χ1) is 13.5. The quantitative estimate of drug-likeness (QED) is 0.555. The lowest BCUT2D eigenvalue weighted by Crippen LogP contribution is -2.31. The van der Waals surface area contributed by atoms with E-state index in [9.17, 15) is 4.79 Å². The monoisotopic (exact) mass is 415 g/mol. The van der Waals surface area contributed by atoms with Gasteiger partial charge in [0.15, 0.2) is 0 Å². The Morgan fingerprint density at radius 1 is 1.14 bits per heavy atom. The van der Waals surface area contributed by atoms with E-state index in [2.05, 4.69) is 34.7 Å². The fraction of sp³-hybridized carbons (Fsp3) is 0.300. The average Bonchev–Trinajstić information content (AvgIpc) is 3.15. The molecule has 0 aliphatic heterocycles. The number of thioether (sulfide) groups is 1. The first-order valence-corrected chi connectivity index (χ1v) is 10.4. The van der Waals surface area contributed by atoms with Gasteiger partial charge in [-0.15, -0.1) is 5.10 Å². The summed E-state index contributed by atoms with van der Waals surface area (Å²) in [4.78, 5) is 12.6. The highest BCUT2D eigenvalue weighted by molar-refractivity contribution is 7.99. The van der Waals surface area contributed by atoms with Gasteiger partial charge in [0.25, 0.3) is 0 Å². The van der Waals surface area contributed by atoms with E-state index in [1.54, 1.807) is 16.8 Å². The molecule has 6 nitrogen and oxygen atoms in total. The molecule has 1 amide bonds. The molecular weight excluding hydrogens is 394 g/mol. The summed E-state index contributed by atoms with van der Waals surface area (Å²) >= 11 is 7.23. The van der Waals surface area contributed by atoms with Crippen molar-refractivity contribution in [1.29, 1.82) is 0 Å². The molecule has 0 spiro atoms. The molecule has 1 heterocycles. The SMILES string of the molecule is CC(C)C[C@@H](NC(=O)CSc1nnnn1-c1ccc(Cl)cc1)c1ccccc1. The Bertz CT molecular complexity index is 898. The standard InChI is InChI=1S/C20H22ClN5OS/c1-14(2)12-18(15-6-4-3-5-7-15)22-19(27)13-28-20-23-24-25-26(20)17-10-8-16(21)9-11-17/h3-11,14,18H,12-13H2,1-2H3,(H,22,27)/t18-/m1/s1. The third-order valence-corrected chi connectivity index (χ3v) is 5.26. The van der Waals surface area contributed by atoms with Crippen LogP contribution in [0.15, 0.2) is 59.8 Å². The molecule has 1 N–H and O–H groups in total. The predicted octanol–water partition coefficient (Wildman–Crippen LogP) is 4.31. The molecule has 0 unspecified atom stereocenters. The minimum atomic E-state index is -0.0508. The van der Waals surface area contributed by atoms with Crippen LogP contribution in [-0.2, 0) is 4.79 Å². The molecule has 0 saturated carbocycles. The van der Waals surface area contributed by atoms with Crippen LogP contribution in [0.5, 0.6) is 0 Å². The minimum Gasteiger partial charge on any atom is -0.349 e. The van der Waals surface area contributed by atoms with Crippen molar-refractivity contribution in [2.45, 2.75) is 31.5 Å². The maximum Gasteiger partial charge on any atom is 0.230 e. The van der Waals surface area contributed by atoms with E-state index in [1.165, 1.54) is 11.8 Å². The number of rotatable bonds is 8. The van der Waals surface area contributed by atoms with Crippen LogP contribution in [-0.4, -0.2) is 31.9 Å². The molecule has 1 aromatic heterocycles. The second-order valence-corrected chi connectivity index (χ2v) is 8.18. The summed E-state index contributed by atoms with van der Waals surface area (Å²) < 4.78 is 1.59. The Morgan fingerprint density at radius 3 is 2.54 bits per heavy atom. The second kappa shape index (κ2) is 9.71. The van der Waals surface area contributed by atoms with Crippen LogP contribution < -0.4 is 5.32 Å². The first kappa shape index (κ1) is 20.4. The molecule has 8 heteroatoms. The van der Waals surface area contributed by atoms with E-state index in [0.29, 0.717) is 16.1 Å². The van der Waals surface area contributed by atoms with Crippen molar-refractivity contribution in [3.8, 4) is 5.69 Å². The Morgan fingerprint density at radius 2 is 1.86 bits per heavy atom. The number of halogens is 1. The molecule has 3 rings (SSSR count). The number of carbonyl (C=O) groups excluding carboxylic acids is 1. The molecule has 0 aliphatic rings. The topological polar surface area (TPSA) is 72.7 Å². The van der Waals surface area contributed by atoms with Gasteiger partial charge >= 0.3 is 0 Å². The average molecular weight is 416 g/mol. The van der Waals surface area contributed by atoms with Gasteiger partial charge in [0, 0.05) is 5.02 Å². The van der Waals surface area contributed by atoms with Crippen molar-refractivity contribution in [1.82, 2.24) is 25.5 Å². The smallest absolute Gasteiger partial charge is 0.230 e. The molecule has 0 fully saturated rings. The van der Waals surface area contributed by atoms with Gasteiger partial charge in [-0.05, 0) is 52.6 Å². The molecule has 1 atom stereocenters. The molecule has 3 aromatic rings. The van der Waals surface area contributed by atoms with Crippen LogP contribution in [0.4, 0.5) is 0 Å². The number of benzene rings is 2. The Balaban J connectivity index is 1.64. The lowest BCUT2D eigenvalue weighted by Gasteiger charge is -2.21. The zero-order valence-electron chi connectivity index (χ0n) is 15.7. The Kier molecular flexibility index (Phi) is 7.06. The van der Waals surface area contributed by atoms with Gasteiger partial charge in [-0.3, -0.25) is 4.79 Å². The van der Waals surface area contributed by atoms with Crippen molar-refractivity contribution in [3.05, 3.63) is 65.2 Å². The highest BCUT2D eigenvalue weighted by atomic mass is 35.5. The van der Waals surface area contributed by atoms with E-state index in [4.69, 9.17) is 11.6 Å². The molecule has 0 saturated heterocycles. The fourth-order valence-electron chi connectivity index (χ4n) is 2.81. The van der Waals surface area contributed by atoms with Crippen LogP contribution in [0, 0.1) is 5.92 Å². The van der Waals surface area contributed by atoms with Gasteiger partial charge in [-0.1, -0.05) is 67.5 Å². The summed E-state index contributed by atoms with van der Waals surface area (Å²) in [6.07, 6.45) is 0.878. The molecule has 0 bridgehead atoms. The second-order valence-electron chi connectivity index (χ2n) is 6.80. The maximum atomic E-state index is 12.6. The lowest BCUT2D eigenvalue weighted by atomic mass is 9.97. The number of hydrogen-bond donors (Lipinski definition) is 1. The fourth-order valence-corrected chi connectivity index (χ4v) is 3.64. The summed E-state index contributed by atoms with van der Waals surface area (Å²) in [5.74, 6) is 0.649. The number of amides is 1. The normalized spacial score (nSPS) is 12.1. The van der Waals surface area contributed by atoms with E-state index >= 15 is 0 Å². The molecular formula is C20H22ClN5OS. The highest BCUT2D eigenvalue weighted by Gasteiger charge is 2.17. The number of aromatic nitrogens is 4. The van der Waals surface area contributed by atoms with Crippen molar-refractivity contribution < 1.29 is 4.79 Å². The van der Waals surface area contributed by atoms with Crippen LogP contribution >= 0.6 is 23.4 Å². The summed E-state index contributed by atoms with van der Waals surface area (Å²) in [6, 6.07) is 17.2. The van der Waals surface area contributed by atoms with Crippen LogP contribution in [0.1, 0.15) is 31.9 Å². The van der Waals surface area contributed by atoms with Gasteiger partial charge < -0.3 is 5.32 Å². The zero-order chi connectivity index (χ0) is 19.9. The van der Waals surface area contributed by atoms with Gasteiger partial charge in [0.1, 0.15) is 0 Å². The molecule has 2 aromatic carbocycles. The van der Waals surface area contributed by atoms with Crippen molar-refractivity contribution >= 4 is 29.3 Å². The largest absolute Gasteiger partial charge is 0.349 e. The summed E-state index contributed by atoms with van der Waals surface area (Å²) in [6.45, 7) is 4.30.